The molecule has 0 atom stereocenters. The number of benzene rings is 3. The molecule has 2 heterocycles. The van der Waals surface area contributed by atoms with Gasteiger partial charge in [-0.2, -0.15) is 0 Å². The van der Waals surface area contributed by atoms with Crippen molar-refractivity contribution in [3.8, 4) is 11.3 Å². The minimum atomic E-state index is -0.0796. The van der Waals surface area contributed by atoms with Crippen molar-refractivity contribution in [1.82, 2.24) is 15.1 Å². The van der Waals surface area contributed by atoms with Crippen molar-refractivity contribution in [2.24, 2.45) is 0 Å². The number of hydrogen-bond acceptors (Lipinski definition) is 4. The Kier molecular flexibility index (Phi) is 5.68. The molecule has 0 spiro atoms. The lowest BCUT2D eigenvalue weighted by molar-refractivity contribution is 0.0746. The number of nitrogens with zero attached hydrogens (tertiary/aromatic N) is 4. The van der Waals surface area contributed by atoms with E-state index in [0.717, 1.165) is 17.1 Å². The Bertz CT molecular complexity index is 1280. The molecule has 1 fully saturated rings. The smallest absolute Gasteiger partial charge is 0.255 e. The quantitative estimate of drug-likeness (QED) is 0.399. The standard InChI is InChI=1S/C25H20Cl2N4O/c26-20-7-8-21(22(27)16-20)25(32)31-13-11-30(12-14-31)24-10-9-23(28-29-24)19-6-5-17-3-1-2-4-18(17)15-19/h1-10,15-16H,11-14H2. The fourth-order valence-electron chi connectivity index (χ4n) is 3.97. The van der Waals surface area contributed by atoms with E-state index in [1.807, 2.05) is 29.2 Å². The van der Waals surface area contributed by atoms with Gasteiger partial charge in [-0.1, -0.05) is 59.6 Å². The third-order valence-electron chi connectivity index (χ3n) is 5.75. The first-order valence-corrected chi connectivity index (χ1v) is 11.2. The molecule has 0 radical (unpaired) electrons. The first kappa shape index (κ1) is 20.7. The minimum Gasteiger partial charge on any atom is -0.352 e. The summed E-state index contributed by atoms with van der Waals surface area (Å²) in [5, 5.41) is 12.2. The van der Waals surface area contributed by atoms with Crippen LogP contribution in [0.5, 0.6) is 0 Å². The zero-order valence-corrected chi connectivity index (χ0v) is 18.7. The molecule has 0 N–H and O–H groups in total. The van der Waals surface area contributed by atoms with Crippen molar-refractivity contribution in [1.29, 1.82) is 0 Å². The fraction of sp³-hybridized carbons (Fsp3) is 0.160. The lowest BCUT2D eigenvalue weighted by atomic mass is 10.1. The highest BCUT2D eigenvalue weighted by molar-refractivity contribution is 6.36. The van der Waals surface area contributed by atoms with E-state index in [0.29, 0.717) is 41.8 Å². The molecule has 5 nitrogen and oxygen atoms in total. The van der Waals surface area contributed by atoms with Crippen molar-refractivity contribution in [3.05, 3.63) is 88.4 Å². The highest BCUT2D eigenvalue weighted by Crippen LogP contribution is 2.25. The van der Waals surface area contributed by atoms with Crippen LogP contribution in [0, 0.1) is 0 Å². The highest BCUT2D eigenvalue weighted by Gasteiger charge is 2.24. The van der Waals surface area contributed by atoms with Crippen LogP contribution in [0.2, 0.25) is 10.0 Å². The number of halogens is 2. The van der Waals surface area contributed by atoms with E-state index in [1.54, 1.807) is 18.2 Å². The molecule has 1 saturated heterocycles. The van der Waals surface area contributed by atoms with Gasteiger partial charge in [0.2, 0.25) is 0 Å². The normalized spacial score (nSPS) is 14.1. The zero-order chi connectivity index (χ0) is 22.1. The van der Waals surface area contributed by atoms with Crippen molar-refractivity contribution in [3.63, 3.8) is 0 Å². The third kappa shape index (κ3) is 4.14. The van der Waals surface area contributed by atoms with E-state index in [4.69, 9.17) is 23.2 Å². The summed E-state index contributed by atoms with van der Waals surface area (Å²) in [4.78, 5) is 16.8. The molecule has 7 heteroatoms. The van der Waals surface area contributed by atoms with Crippen LogP contribution in [0.1, 0.15) is 10.4 Å². The van der Waals surface area contributed by atoms with Gasteiger partial charge in [0.25, 0.3) is 5.91 Å². The lowest BCUT2D eigenvalue weighted by Crippen LogP contribution is -2.49. The van der Waals surface area contributed by atoms with Crippen LogP contribution in [0.25, 0.3) is 22.0 Å². The Morgan fingerprint density at radius 1 is 0.781 bits per heavy atom. The Morgan fingerprint density at radius 2 is 1.56 bits per heavy atom. The van der Waals surface area contributed by atoms with Gasteiger partial charge in [-0.15, -0.1) is 10.2 Å². The van der Waals surface area contributed by atoms with E-state index in [-0.39, 0.29) is 5.91 Å². The molecule has 1 aliphatic rings. The molecule has 0 unspecified atom stereocenters. The highest BCUT2D eigenvalue weighted by atomic mass is 35.5. The molecule has 160 valence electrons. The van der Waals surface area contributed by atoms with Crippen LogP contribution in [0.15, 0.2) is 72.8 Å². The molecule has 5 rings (SSSR count). The molecule has 1 aliphatic heterocycles. The second-order valence-electron chi connectivity index (χ2n) is 7.74. The molecule has 3 aromatic carbocycles. The number of amides is 1. The SMILES string of the molecule is O=C(c1ccc(Cl)cc1Cl)N1CCN(c2ccc(-c3ccc4ccccc4c3)nn2)CC1. The van der Waals surface area contributed by atoms with Gasteiger partial charge in [0, 0.05) is 36.8 Å². The van der Waals surface area contributed by atoms with Crippen molar-refractivity contribution >= 4 is 45.7 Å². The summed E-state index contributed by atoms with van der Waals surface area (Å²) >= 11 is 12.1. The average molecular weight is 463 g/mol. The second kappa shape index (κ2) is 8.77. The molecule has 4 aromatic rings. The first-order valence-electron chi connectivity index (χ1n) is 10.4. The zero-order valence-electron chi connectivity index (χ0n) is 17.2. The molecule has 0 bridgehead atoms. The van der Waals surface area contributed by atoms with Gasteiger partial charge in [-0.05, 0) is 47.2 Å². The van der Waals surface area contributed by atoms with Crippen molar-refractivity contribution in [2.75, 3.05) is 31.1 Å². The Hall–Kier alpha value is -3.15. The summed E-state index contributed by atoms with van der Waals surface area (Å²) in [6.45, 7) is 2.54. The van der Waals surface area contributed by atoms with Gasteiger partial charge in [-0.3, -0.25) is 4.79 Å². The van der Waals surface area contributed by atoms with Gasteiger partial charge in [0.15, 0.2) is 5.82 Å². The molecular formula is C25H20Cl2N4O. The Morgan fingerprint density at radius 3 is 2.28 bits per heavy atom. The Balaban J connectivity index is 1.26. The topological polar surface area (TPSA) is 49.3 Å². The van der Waals surface area contributed by atoms with Crippen LogP contribution in [0.4, 0.5) is 5.82 Å². The molecule has 32 heavy (non-hydrogen) atoms. The van der Waals surface area contributed by atoms with Gasteiger partial charge < -0.3 is 9.80 Å². The number of rotatable bonds is 3. The molecule has 0 saturated carbocycles. The van der Waals surface area contributed by atoms with E-state index >= 15 is 0 Å². The van der Waals surface area contributed by atoms with Gasteiger partial charge >= 0.3 is 0 Å². The number of anilines is 1. The van der Waals surface area contributed by atoms with Crippen molar-refractivity contribution in [2.45, 2.75) is 0 Å². The summed E-state index contributed by atoms with van der Waals surface area (Å²) < 4.78 is 0. The van der Waals surface area contributed by atoms with Crippen LogP contribution in [-0.4, -0.2) is 47.2 Å². The van der Waals surface area contributed by atoms with E-state index in [9.17, 15) is 4.79 Å². The van der Waals surface area contributed by atoms with Gasteiger partial charge in [0.05, 0.1) is 16.3 Å². The monoisotopic (exact) mass is 462 g/mol. The molecule has 1 amide bonds. The van der Waals surface area contributed by atoms with Gasteiger partial charge in [0.1, 0.15) is 0 Å². The number of piperazine rings is 1. The first-order chi connectivity index (χ1) is 15.6. The number of carbonyl (C=O) groups is 1. The van der Waals surface area contributed by atoms with E-state index in [1.165, 1.54) is 10.8 Å². The van der Waals surface area contributed by atoms with Gasteiger partial charge in [-0.25, -0.2) is 0 Å². The van der Waals surface area contributed by atoms with E-state index in [2.05, 4.69) is 45.4 Å². The number of fused-ring (bicyclic) bond motifs is 1. The second-order valence-corrected chi connectivity index (χ2v) is 8.59. The lowest BCUT2D eigenvalue weighted by Gasteiger charge is -2.35. The maximum absolute atomic E-state index is 12.8. The van der Waals surface area contributed by atoms with Crippen molar-refractivity contribution < 1.29 is 4.79 Å². The van der Waals surface area contributed by atoms with Crippen LogP contribution >= 0.6 is 23.2 Å². The summed E-state index contributed by atoms with van der Waals surface area (Å²) in [6, 6.07) is 23.5. The van der Waals surface area contributed by atoms with E-state index < -0.39 is 0 Å². The summed E-state index contributed by atoms with van der Waals surface area (Å²) in [6.07, 6.45) is 0. The van der Waals surface area contributed by atoms with Crippen LogP contribution in [0.3, 0.4) is 0 Å². The summed E-state index contributed by atoms with van der Waals surface area (Å²) in [7, 11) is 0. The summed E-state index contributed by atoms with van der Waals surface area (Å²) in [5.74, 6) is 0.732. The predicted octanol–water partition coefficient (Wildman–Crippen LogP) is 5.57. The molecule has 1 aromatic heterocycles. The maximum atomic E-state index is 12.8. The average Bonchev–Trinajstić information content (AvgIpc) is 2.84. The molecular weight excluding hydrogens is 443 g/mol. The number of hydrogen-bond donors (Lipinski definition) is 0. The van der Waals surface area contributed by atoms with Crippen LogP contribution < -0.4 is 4.90 Å². The minimum absolute atomic E-state index is 0.0796. The third-order valence-corrected chi connectivity index (χ3v) is 6.30. The van der Waals surface area contributed by atoms with Crippen LogP contribution in [-0.2, 0) is 0 Å². The largest absolute Gasteiger partial charge is 0.352 e. The predicted molar refractivity (Wildman–Crippen MR) is 130 cm³/mol. The fourth-order valence-corrected chi connectivity index (χ4v) is 4.46. The summed E-state index contributed by atoms with van der Waals surface area (Å²) in [5.41, 5.74) is 2.35. The number of carbonyl (C=O) groups excluding carboxylic acids is 1. The molecule has 0 aliphatic carbocycles. The maximum Gasteiger partial charge on any atom is 0.255 e. The number of aromatic nitrogens is 2. The Labute approximate surface area is 196 Å².